The molecule has 0 aromatic heterocycles. The Kier molecular flexibility index (Phi) is 4.05. The minimum Gasteiger partial charge on any atom is -0.497 e. The largest absolute Gasteiger partial charge is 0.497 e. The first-order chi connectivity index (χ1) is 10.5. The van der Waals surface area contributed by atoms with Crippen LogP contribution >= 0.6 is 0 Å². The summed E-state index contributed by atoms with van der Waals surface area (Å²) in [6.45, 7) is 1.06. The second-order valence-corrected chi connectivity index (χ2v) is 7.97. The van der Waals surface area contributed by atoms with Gasteiger partial charge in [0.25, 0.3) is 0 Å². The smallest absolute Gasteiger partial charge is 0.243 e. The number of benzene rings is 1. The third-order valence-electron chi connectivity index (χ3n) is 4.84. The van der Waals surface area contributed by atoms with E-state index in [2.05, 4.69) is 0 Å². The number of fused-ring (bicyclic) bond motifs is 1. The van der Waals surface area contributed by atoms with Crippen molar-refractivity contribution < 1.29 is 17.9 Å². The van der Waals surface area contributed by atoms with Crippen molar-refractivity contribution in [2.24, 2.45) is 17.6 Å². The molecule has 22 heavy (non-hydrogen) atoms. The van der Waals surface area contributed by atoms with Crippen LogP contribution in [0.2, 0.25) is 0 Å². The lowest BCUT2D eigenvalue weighted by atomic mass is 9.98. The second kappa shape index (κ2) is 5.72. The van der Waals surface area contributed by atoms with Gasteiger partial charge in [-0.05, 0) is 24.7 Å². The molecule has 0 bridgehead atoms. The molecule has 3 rings (SSSR count). The van der Waals surface area contributed by atoms with E-state index < -0.39 is 10.0 Å². The predicted molar refractivity (Wildman–Crippen MR) is 82.5 cm³/mol. The number of methoxy groups -OCH3 is 2. The summed E-state index contributed by atoms with van der Waals surface area (Å²) in [5.74, 6) is 1.60. The Balaban J connectivity index is 1.90. The van der Waals surface area contributed by atoms with Crippen LogP contribution in [0.4, 0.5) is 0 Å². The fourth-order valence-corrected chi connectivity index (χ4v) is 5.13. The topological polar surface area (TPSA) is 81.9 Å². The third kappa shape index (κ3) is 2.57. The molecule has 1 saturated heterocycles. The zero-order valence-corrected chi connectivity index (χ0v) is 13.7. The highest BCUT2D eigenvalue weighted by Crippen LogP contribution is 2.40. The number of ether oxygens (including phenoxy) is 2. The molecule has 1 heterocycles. The van der Waals surface area contributed by atoms with Gasteiger partial charge < -0.3 is 15.2 Å². The molecule has 1 aliphatic heterocycles. The molecule has 3 unspecified atom stereocenters. The van der Waals surface area contributed by atoms with Crippen LogP contribution in [-0.2, 0) is 10.0 Å². The summed E-state index contributed by atoms with van der Waals surface area (Å²) < 4.78 is 37.6. The average molecular weight is 326 g/mol. The SMILES string of the molecule is COc1cc(OC)cc(S(=O)(=O)N2CC3CCC(N)C3C2)c1. The van der Waals surface area contributed by atoms with E-state index in [1.807, 2.05) is 0 Å². The van der Waals surface area contributed by atoms with Crippen LogP contribution in [0.3, 0.4) is 0 Å². The third-order valence-corrected chi connectivity index (χ3v) is 6.65. The summed E-state index contributed by atoms with van der Waals surface area (Å²) in [5.41, 5.74) is 6.09. The Morgan fingerprint density at radius 1 is 1.09 bits per heavy atom. The van der Waals surface area contributed by atoms with E-state index in [4.69, 9.17) is 15.2 Å². The molecule has 1 aliphatic carbocycles. The molecule has 3 atom stereocenters. The van der Waals surface area contributed by atoms with Gasteiger partial charge in [0, 0.05) is 37.3 Å². The lowest BCUT2D eigenvalue weighted by Crippen LogP contribution is -2.33. The number of sulfonamides is 1. The van der Waals surface area contributed by atoms with Crippen LogP contribution in [0, 0.1) is 11.8 Å². The summed E-state index contributed by atoms with van der Waals surface area (Å²) >= 11 is 0. The van der Waals surface area contributed by atoms with Crippen LogP contribution in [-0.4, -0.2) is 46.1 Å². The fraction of sp³-hybridized carbons (Fsp3) is 0.600. The Morgan fingerprint density at radius 3 is 2.27 bits per heavy atom. The summed E-state index contributed by atoms with van der Waals surface area (Å²) in [6.07, 6.45) is 2.01. The molecular weight excluding hydrogens is 304 g/mol. The Morgan fingerprint density at radius 2 is 1.73 bits per heavy atom. The molecular formula is C15H22N2O4S. The van der Waals surface area contributed by atoms with Crippen molar-refractivity contribution in [1.82, 2.24) is 4.31 Å². The molecule has 2 N–H and O–H groups in total. The standard InChI is InChI=1S/C15H22N2O4S/c1-20-11-5-12(21-2)7-13(6-11)22(18,19)17-8-10-3-4-15(16)14(10)9-17/h5-7,10,14-15H,3-4,8-9,16H2,1-2H3. The van der Waals surface area contributed by atoms with Crippen LogP contribution in [0.15, 0.2) is 23.1 Å². The van der Waals surface area contributed by atoms with Crippen LogP contribution in [0.25, 0.3) is 0 Å². The van der Waals surface area contributed by atoms with Gasteiger partial charge in [-0.3, -0.25) is 0 Å². The molecule has 2 fully saturated rings. The molecule has 0 radical (unpaired) electrons. The summed E-state index contributed by atoms with van der Waals surface area (Å²) in [6, 6.07) is 4.84. The van der Waals surface area contributed by atoms with Crippen LogP contribution < -0.4 is 15.2 Å². The van der Waals surface area contributed by atoms with Crippen molar-refractivity contribution >= 4 is 10.0 Å². The fourth-order valence-electron chi connectivity index (χ4n) is 3.54. The second-order valence-electron chi connectivity index (χ2n) is 6.04. The molecule has 1 aromatic carbocycles. The van der Waals surface area contributed by atoms with E-state index in [0.717, 1.165) is 12.8 Å². The maximum Gasteiger partial charge on any atom is 0.243 e. The molecule has 6 nitrogen and oxygen atoms in total. The van der Waals surface area contributed by atoms with E-state index in [0.29, 0.717) is 30.5 Å². The number of hydrogen-bond donors (Lipinski definition) is 1. The quantitative estimate of drug-likeness (QED) is 0.895. The Hall–Kier alpha value is -1.31. The Labute approximate surface area is 131 Å². The molecule has 1 aromatic rings. The van der Waals surface area contributed by atoms with Gasteiger partial charge in [0.05, 0.1) is 19.1 Å². The number of nitrogens with two attached hydrogens (primary N) is 1. The lowest BCUT2D eigenvalue weighted by molar-refractivity contribution is 0.390. The minimum absolute atomic E-state index is 0.116. The van der Waals surface area contributed by atoms with Crippen molar-refractivity contribution in [3.63, 3.8) is 0 Å². The highest BCUT2D eigenvalue weighted by Gasteiger charge is 2.45. The van der Waals surface area contributed by atoms with Gasteiger partial charge in [-0.2, -0.15) is 4.31 Å². The van der Waals surface area contributed by atoms with E-state index in [9.17, 15) is 8.42 Å². The summed E-state index contributed by atoms with van der Waals surface area (Å²) in [7, 11) is -0.543. The van der Waals surface area contributed by atoms with Crippen LogP contribution in [0.5, 0.6) is 11.5 Å². The number of nitrogens with zero attached hydrogens (tertiary/aromatic N) is 1. The van der Waals surface area contributed by atoms with Gasteiger partial charge in [-0.25, -0.2) is 8.42 Å². The van der Waals surface area contributed by atoms with Gasteiger partial charge in [-0.1, -0.05) is 0 Å². The molecule has 7 heteroatoms. The lowest BCUT2D eigenvalue weighted by Gasteiger charge is -2.19. The summed E-state index contributed by atoms with van der Waals surface area (Å²) in [5, 5.41) is 0. The number of hydrogen-bond acceptors (Lipinski definition) is 5. The van der Waals surface area contributed by atoms with Gasteiger partial charge >= 0.3 is 0 Å². The van der Waals surface area contributed by atoms with Gasteiger partial charge in [-0.15, -0.1) is 0 Å². The highest BCUT2D eigenvalue weighted by atomic mass is 32.2. The zero-order valence-electron chi connectivity index (χ0n) is 12.9. The predicted octanol–water partition coefficient (Wildman–Crippen LogP) is 1.06. The van der Waals surface area contributed by atoms with Gasteiger partial charge in [0.1, 0.15) is 11.5 Å². The maximum absolute atomic E-state index is 12.9. The zero-order chi connectivity index (χ0) is 15.9. The maximum atomic E-state index is 12.9. The monoisotopic (exact) mass is 326 g/mol. The van der Waals surface area contributed by atoms with Crippen molar-refractivity contribution in [2.45, 2.75) is 23.8 Å². The van der Waals surface area contributed by atoms with Crippen LogP contribution in [0.1, 0.15) is 12.8 Å². The average Bonchev–Trinajstić information content (AvgIpc) is 3.09. The number of rotatable bonds is 4. The first-order valence-electron chi connectivity index (χ1n) is 7.44. The molecule has 1 saturated carbocycles. The minimum atomic E-state index is -3.55. The Bertz CT molecular complexity index is 639. The summed E-state index contributed by atoms with van der Waals surface area (Å²) in [4.78, 5) is 0.206. The van der Waals surface area contributed by atoms with E-state index in [1.54, 1.807) is 10.4 Å². The van der Waals surface area contributed by atoms with E-state index in [1.165, 1.54) is 26.4 Å². The van der Waals surface area contributed by atoms with Gasteiger partial charge in [0.15, 0.2) is 0 Å². The van der Waals surface area contributed by atoms with Crippen molar-refractivity contribution in [3.05, 3.63) is 18.2 Å². The normalized spacial score (nSPS) is 28.6. The first-order valence-corrected chi connectivity index (χ1v) is 8.88. The van der Waals surface area contributed by atoms with Crippen molar-refractivity contribution in [3.8, 4) is 11.5 Å². The molecule has 0 spiro atoms. The first kappa shape index (κ1) is 15.6. The molecule has 122 valence electrons. The van der Waals surface area contributed by atoms with E-state index in [-0.39, 0.29) is 16.9 Å². The van der Waals surface area contributed by atoms with Crippen molar-refractivity contribution in [2.75, 3.05) is 27.3 Å². The van der Waals surface area contributed by atoms with E-state index >= 15 is 0 Å². The molecule has 2 aliphatic rings. The highest BCUT2D eigenvalue weighted by molar-refractivity contribution is 7.89. The van der Waals surface area contributed by atoms with Gasteiger partial charge in [0.2, 0.25) is 10.0 Å². The molecule has 0 amide bonds. The van der Waals surface area contributed by atoms with Crippen molar-refractivity contribution in [1.29, 1.82) is 0 Å².